The molecule has 0 heterocycles. The fourth-order valence-corrected chi connectivity index (χ4v) is 3.32. The van der Waals surface area contributed by atoms with Crippen LogP contribution in [-0.2, 0) is 24.3 Å². The van der Waals surface area contributed by atoms with E-state index in [9.17, 15) is 61.9 Å². The summed E-state index contributed by atoms with van der Waals surface area (Å²) < 4.78 is 161. The molecule has 7 nitrogen and oxygen atoms in total. The molecule has 1 unspecified atom stereocenters. The summed E-state index contributed by atoms with van der Waals surface area (Å²) in [7, 11) is -5.56. The first kappa shape index (κ1) is 28.4. The topological polar surface area (TPSA) is 102 Å². The summed E-state index contributed by atoms with van der Waals surface area (Å²) in [6.07, 6.45) is -13.6. The Kier molecular flexibility index (Phi) is 7.71. The van der Waals surface area contributed by atoms with Crippen molar-refractivity contribution in [3.8, 4) is 0 Å². The largest absolute Gasteiger partial charge is 0.463 e. The van der Waals surface area contributed by atoms with Gasteiger partial charge in [-0.15, -0.1) is 0 Å². The van der Waals surface area contributed by atoms with Crippen molar-refractivity contribution >= 4 is 21.9 Å². The molecule has 188 valence electrons. The van der Waals surface area contributed by atoms with Gasteiger partial charge in [-0.25, -0.2) is 13.2 Å². The SMILES string of the molecule is CCOC(=O)C(NC(=O)C(F)(F)C(F)(F)C(F)(F)F)(NS(=O)(=O)c1ccccc1)C(F)(F)F. The molecule has 2 N–H and O–H groups in total. The Bertz CT molecular complexity index is 979. The van der Waals surface area contributed by atoms with E-state index >= 15 is 0 Å². The maximum absolute atomic E-state index is 13.8. The maximum Gasteiger partial charge on any atom is 0.460 e. The van der Waals surface area contributed by atoms with Crippen molar-refractivity contribution in [2.24, 2.45) is 0 Å². The minimum atomic E-state index is -7.21. The van der Waals surface area contributed by atoms with E-state index in [1.807, 2.05) is 0 Å². The lowest BCUT2D eigenvalue weighted by molar-refractivity contribution is -0.344. The van der Waals surface area contributed by atoms with Crippen molar-refractivity contribution in [3.05, 3.63) is 30.3 Å². The highest BCUT2D eigenvalue weighted by Gasteiger charge is 2.78. The monoisotopic (exact) mass is 522 g/mol. The number of rotatable bonds is 8. The van der Waals surface area contributed by atoms with Gasteiger partial charge in [0.25, 0.3) is 5.91 Å². The maximum atomic E-state index is 13.8. The van der Waals surface area contributed by atoms with Crippen LogP contribution < -0.4 is 10.0 Å². The van der Waals surface area contributed by atoms with Gasteiger partial charge >= 0.3 is 35.8 Å². The van der Waals surface area contributed by atoms with Gasteiger partial charge in [-0.3, -0.25) is 4.79 Å². The van der Waals surface area contributed by atoms with Crippen molar-refractivity contribution in [1.29, 1.82) is 0 Å². The molecule has 0 aliphatic rings. The molecule has 0 bridgehead atoms. The number of hydrogen-bond acceptors (Lipinski definition) is 5. The van der Waals surface area contributed by atoms with Crippen LogP contribution in [0.2, 0.25) is 0 Å². The number of sulfonamides is 1. The van der Waals surface area contributed by atoms with Crippen molar-refractivity contribution in [3.63, 3.8) is 0 Å². The molecule has 1 rings (SSSR count). The van der Waals surface area contributed by atoms with E-state index in [0.717, 1.165) is 19.1 Å². The zero-order valence-electron chi connectivity index (χ0n) is 15.8. The normalized spacial score (nSPS) is 15.5. The van der Waals surface area contributed by atoms with E-state index in [4.69, 9.17) is 0 Å². The second-order valence-electron chi connectivity index (χ2n) is 5.99. The molecule has 0 fully saturated rings. The number of nitrogens with one attached hydrogen (secondary N) is 2. The average molecular weight is 522 g/mol. The Morgan fingerprint density at radius 3 is 1.76 bits per heavy atom. The molecule has 1 atom stereocenters. The number of carbonyl (C=O) groups is 2. The Labute approximate surface area is 178 Å². The van der Waals surface area contributed by atoms with Crippen molar-refractivity contribution < 1.29 is 66.6 Å². The Hall–Kier alpha value is -2.63. The quantitative estimate of drug-likeness (QED) is 0.311. The zero-order valence-corrected chi connectivity index (χ0v) is 16.6. The van der Waals surface area contributed by atoms with Gasteiger partial charge in [-0.2, -0.15) is 48.6 Å². The number of esters is 1. The summed E-state index contributed by atoms with van der Waals surface area (Å²) in [4.78, 5) is 22.5. The Morgan fingerprint density at radius 2 is 1.36 bits per heavy atom. The van der Waals surface area contributed by atoms with Gasteiger partial charge in [0.2, 0.25) is 10.0 Å². The van der Waals surface area contributed by atoms with E-state index < -0.39 is 63.3 Å². The van der Waals surface area contributed by atoms with Crippen LogP contribution in [0.1, 0.15) is 6.92 Å². The van der Waals surface area contributed by atoms with Crippen molar-refractivity contribution in [2.45, 2.75) is 41.7 Å². The fourth-order valence-electron chi connectivity index (χ4n) is 2.03. The van der Waals surface area contributed by atoms with Gasteiger partial charge < -0.3 is 10.1 Å². The lowest BCUT2D eigenvalue weighted by Gasteiger charge is -2.36. The van der Waals surface area contributed by atoms with Crippen LogP contribution in [0.15, 0.2) is 35.2 Å². The summed E-state index contributed by atoms with van der Waals surface area (Å²) >= 11 is 0. The standard InChI is InChI=1S/C15H12F10N2O5S/c1-2-32-10(29)12(14(20,21)22,27-33(30,31)8-6-4-3-5-7-8)26-9(28)11(16,17)13(18,19)15(23,24)25/h3-7,27H,2H2,1H3,(H,26,28). The van der Waals surface area contributed by atoms with Gasteiger partial charge in [0, 0.05) is 0 Å². The lowest BCUT2D eigenvalue weighted by atomic mass is 10.1. The predicted octanol–water partition coefficient (Wildman–Crippen LogP) is 2.74. The zero-order chi connectivity index (χ0) is 26.1. The van der Waals surface area contributed by atoms with Crippen molar-refractivity contribution in [1.82, 2.24) is 10.0 Å². The van der Waals surface area contributed by atoms with Crippen LogP contribution in [-0.4, -0.2) is 56.8 Å². The molecule has 0 aliphatic heterocycles. The molecule has 0 saturated heterocycles. The molecule has 0 radical (unpaired) electrons. The summed E-state index contributed by atoms with van der Waals surface area (Å²) in [6.45, 7) is -0.145. The molecule has 0 saturated carbocycles. The van der Waals surface area contributed by atoms with Gasteiger partial charge in [-0.1, -0.05) is 18.2 Å². The number of alkyl halides is 10. The number of ether oxygens (including phenoxy) is 1. The number of amides is 1. The third kappa shape index (κ3) is 5.31. The first-order chi connectivity index (χ1) is 14.7. The number of hydrogen-bond donors (Lipinski definition) is 2. The fraction of sp³-hybridized carbons (Fsp3) is 0.467. The van der Waals surface area contributed by atoms with Gasteiger partial charge in [-0.05, 0) is 19.1 Å². The van der Waals surface area contributed by atoms with E-state index in [0.29, 0.717) is 16.9 Å². The minimum Gasteiger partial charge on any atom is -0.463 e. The number of benzene rings is 1. The summed E-state index contributed by atoms with van der Waals surface area (Å²) in [5.74, 6) is -21.0. The third-order valence-corrected chi connectivity index (χ3v) is 5.15. The first-order valence-electron chi connectivity index (χ1n) is 8.15. The Balaban J connectivity index is 3.69. The third-order valence-electron chi connectivity index (χ3n) is 3.68. The van der Waals surface area contributed by atoms with Gasteiger partial charge in [0.15, 0.2) is 0 Å². The van der Waals surface area contributed by atoms with Crippen LogP contribution in [0.5, 0.6) is 0 Å². The van der Waals surface area contributed by atoms with E-state index in [-0.39, 0.29) is 5.32 Å². The van der Waals surface area contributed by atoms with Crippen molar-refractivity contribution in [2.75, 3.05) is 6.61 Å². The lowest BCUT2D eigenvalue weighted by Crippen LogP contribution is -2.76. The molecular formula is C15H12F10N2O5S. The Morgan fingerprint density at radius 1 is 0.879 bits per heavy atom. The molecule has 0 spiro atoms. The highest BCUT2D eigenvalue weighted by atomic mass is 32.2. The average Bonchev–Trinajstić information content (AvgIpc) is 2.66. The highest BCUT2D eigenvalue weighted by Crippen LogP contribution is 2.47. The molecular weight excluding hydrogens is 510 g/mol. The number of halogens is 10. The smallest absolute Gasteiger partial charge is 0.460 e. The van der Waals surface area contributed by atoms with E-state index in [2.05, 4.69) is 4.74 Å². The van der Waals surface area contributed by atoms with Crippen LogP contribution in [0.4, 0.5) is 43.9 Å². The first-order valence-corrected chi connectivity index (χ1v) is 9.63. The van der Waals surface area contributed by atoms with E-state index in [1.165, 1.54) is 6.07 Å². The molecule has 0 aliphatic carbocycles. The highest BCUT2D eigenvalue weighted by molar-refractivity contribution is 7.89. The molecule has 1 aromatic rings. The molecule has 1 amide bonds. The van der Waals surface area contributed by atoms with Crippen LogP contribution >= 0.6 is 0 Å². The van der Waals surface area contributed by atoms with Gasteiger partial charge in [0.05, 0.1) is 11.5 Å². The molecule has 33 heavy (non-hydrogen) atoms. The van der Waals surface area contributed by atoms with Crippen LogP contribution in [0.3, 0.4) is 0 Å². The second kappa shape index (κ2) is 8.96. The van der Waals surface area contributed by atoms with Crippen LogP contribution in [0.25, 0.3) is 0 Å². The van der Waals surface area contributed by atoms with Gasteiger partial charge in [0.1, 0.15) is 0 Å². The number of carbonyl (C=O) groups excluding carboxylic acids is 2. The summed E-state index contributed by atoms with van der Waals surface area (Å²) in [5, 5.41) is -0.0593. The molecule has 18 heteroatoms. The van der Waals surface area contributed by atoms with Crippen LogP contribution in [0, 0.1) is 0 Å². The molecule has 1 aromatic carbocycles. The second-order valence-corrected chi connectivity index (χ2v) is 7.67. The minimum absolute atomic E-state index is 0.0593. The summed E-state index contributed by atoms with van der Waals surface area (Å²) in [5.41, 5.74) is -5.22. The summed E-state index contributed by atoms with van der Waals surface area (Å²) in [6, 6.07) is 4.39. The molecule has 0 aromatic heterocycles. The predicted molar refractivity (Wildman–Crippen MR) is 86.3 cm³/mol. The van der Waals surface area contributed by atoms with E-state index in [1.54, 1.807) is 0 Å².